The van der Waals surface area contributed by atoms with Gasteiger partial charge in [0.1, 0.15) is 0 Å². The van der Waals surface area contributed by atoms with Gasteiger partial charge in [0.15, 0.2) is 0 Å². The second-order valence-electron chi connectivity index (χ2n) is 7.56. The van der Waals surface area contributed by atoms with E-state index in [0.717, 1.165) is 16.9 Å². The summed E-state index contributed by atoms with van der Waals surface area (Å²) in [4.78, 5) is 25.9. The van der Waals surface area contributed by atoms with Crippen LogP contribution in [0.3, 0.4) is 0 Å². The summed E-state index contributed by atoms with van der Waals surface area (Å²) in [6.07, 6.45) is 0. The van der Waals surface area contributed by atoms with Crippen molar-refractivity contribution in [2.75, 3.05) is 18.8 Å². The molecule has 33 heavy (non-hydrogen) atoms. The molecule has 1 N–H and O–H groups in total. The SMILES string of the molecule is CN(C)C(=O)c1ccc(NS(=O)(=O)c2ccc3c(c2)sc(=O)n3Cc2ccccc2Cl)cc1. The van der Waals surface area contributed by atoms with Crippen molar-refractivity contribution in [2.24, 2.45) is 0 Å². The predicted molar refractivity (Wildman–Crippen MR) is 132 cm³/mol. The fourth-order valence-corrected chi connectivity index (χ4v) is 5.60. The first-order chi connectivity index (χ1) is 15.7. The number of sulfonamides is 1. The average molecular weight is 502 g/mol. The Bertz CT molecular complexity index is 1510. The molecule has 10 heteroatoms. The number of hydrogen-bond donors (Lipinski definition) is 1. The number of carbonyl (C=O) groups excluding carboxylic acids is 1. The first-order valence-corrected chi connectivity index (χ1v) is 12.5. The molecule has 0 bridgehead atoms. The molecule has 0 aliphatic carbocycles. The molecule has 0 aliphatic rings. The van der Waals surface area contributed by atoms with Crippen molar-refractivity contribution in [2.45, 2.75) is 11.4 Å². The van der Waals surface area contributed by atoms with Crippen LogP contribution in [0.15, 0.2) is 76.4 Å². The van der Waals surface area contributed by atoms with E-state index in [1.54, 1.807) is 42.9 Å². The van der Waals surface area contributed by atoms with Crippen LogP contribution in [-0.2, 0) is 16.6 Å². The fourth-order valence-electron chi connectivity index (χ4n) is 3.31. The van der Waals surface area contributed by atoms with Crippen molar-refractivity contribution in [1.29, 1.82) is 0 Å². The Morgan fingerprint density at radius 2 is 1.76 bits per heavy atom. The third kappa shape index (κ3) is 4.80. The molecule has 170 valence electrons. The smallest absolute Gasteiger partial charge is 0.308 e. The van der Waals surface area contributed by atoms with Gasteiger partial charge in [-0.15, -0.1) is 0 Å². The monoisotopic (exact) mass is 501 g/mol. The molecule has 0 aliphatic heterocycles. The number of rotatable bonds is 6. The van der Waals surface area contributed by atoms with E-state index in [4.69, 9.17) is 11.6 Å². The maximum atomic E-state index is 12.9. The number of aromatic nitrogens is 1. The summed E-state index contributed by atoms with van der Waals surface area (Å²) in [6.45, 7) is 0.293. The van der Waals surface area contributed by atoms with Gasteiger partial charge in [0, 0.05) is 30.4 Å². The molecule has 0 spiro atoms. The van der Waals surface area contributed by atoms with Crippen LogP contribution in [0.1, 0.15) is 15.9 Å². The number of halogens is 1. The van der Waals surface area contributed by atoms with E-state index in [1.807, 2.05) is 18.2 Å². The molecule has 1 heterocycles. The largest absolute Gasteiger partial charge is 0.345 e. The van der Waals surface area contributed by atoms with E-state index in [0.29, 0.717) is 33.0 Å². The molecule has 0 fully saturated rings. The number of hydrogen-bond acceptors (Lipinski definition) is 5. The highest BCUT2D eigenvalue weighted by atomic mass is 35.5. The number of nitrogens with one attached hydrogen (secondary N) is 1. The van der Waals surface area contributed by atoms with Gasteiger partial charge in [-0.05, 0) is 54.1 Å². The highest BCUT2D eigenvalue weighted by Gasteiger charge is 2.18. The third-order valence-corrected chi connectivity index (χ3v) is 7.72. The van der Waals surface area contributed by atoms with Crippen molar-refractivity contribution < 1.29 is 13.2 Å². The van der Waals surface area contributed by atoms with Crippen LogP contribution in [0.25, 0.3) is 10.2 Å². The van der Waals surface area contributed by atoms with E-state index in [-0.39, 0.29) is 15.7 Å². The lowest BCUT2D eigenvalue weighted by Crippen LogP contribution is -2.21. The van der Waals surface area contributed by atoms with Crippen LogP contribution in [0.4, 0.5) is 5.69 Å². The summed E-state index contributed by atoms with van der Waals surface area (Å²) < 4.78 is 30.5. The molecule has 3 aromatic carbocycles. The normalized spacial score (nSPS) is 11.5. The van der Waals surface area contributed by atoms with E-state index in [9.17, 15) is 18.0 Å². The van der Waals surface area contributed by atoms with Crippen LogP contribution in [0.5, 0.6) is 0 Å². The van der Waals surface area contributed by atoms with Gasteiger partial charge < -0.3 is 4.90 Å². The van der Waals surface area contributed by atoms with E-state index >= 15 is 0 Å². The summed E-state index contributed by atoms with van der Waals surface area (Å²) in [5, 5.41) is 0.561. The van der Waals surface area contributed by atoms with Gasteiger partial charge in [0.2, 0.25) is 0 Å². The summed E-state index contributed by atoms with van der Waals surface area (Å²) in [7, 11) is -0.607. The topological polar surface area (TPSA) is 88.5 Å². The van der Waals surface area contributed by atoms with E-state index in [1.165, 1.54) is 29.2 Å². The number of thiazole rings is 1. The zero-order valence-electron chi connectivity index (χ0n) is 17.8. The minimum absolute atomic E-state index is 0.0367. The lowest BCUT2D eigenvalue weighted by molar-refractivity contribution is 0.0827. The lowest BCUT2D eigenvalue weighted by Gasteiger charge is -2.12. The molecule has 0 saturated carbocycles. The Morgan fingerprint density at radius 1 is 1.06 bits per heavy atom. The molecule has 4 rings (SSSR count). The number of amides is 1. The molecular weight excluding hydrogens is 482 g/mol. The number of nitrogens with zero attached hydrogens (tertiary/aromatic N) is 2. The zero-order valence-corrected chi connectivity index (χ0v) is 20.2. The van der Waals surface area contributed by atoms with Gasteiger partial charge in [0.25, 0.3) is 15.9 Å². The van der Waals surface area contributed by atoms with E-state index in [2.05, 4.69) is 4.72 Å². The molecule has 0 unspecified atom stereocenters. The van der Waals surface area contributed by atoms with Crippen molar-refractivity contribution in [3.63, 3.8) is 0 Å². The quantitative estimate of drug-likeness (QED) is 0.427. The van der Waals surface area contributed by atoms with Gasteiger partial charge in [-0.25, -0.2) is 8.42 Å². The molecule has 4 aromatic rings. The Hall–Kier alpha value is -3.14. The van der Waals surface area contributed by atoms with E-state index < -0.39 is 10.0 Å². The minimum atomic E-state index is -3.89. The number of anilines is 1. The van der Waals surface area contributed by atoms with Crippen molar-refractivity contribution in [3.8, 4) is 0 Å². The Kier molecular flexibility index (Phi) is 6.29. The summed E-state index contributed by atoms with van der Waals surface area (Å²) >= 11 is 7.21. The zero-order chi connectivity index (χ0) is 23.8. The fraction of sp³-hybridized carbons (Fsp3) is 0.130. The summed E-state index contributed by atoms with van der Waals surface area (Å²) in [5.41, 5.74) is 2.22. The van der Waals surface area contributed by atoms with Gasteiger partial charge in [-0.2, -0.15) is 0 Å². The Morgan fingerprint density at radius 3 is 2.42 bits per heavy atom. The van der Waals surface area contributed by atoms with Gasteiger partial charge in [0.05, 0.1) is 21.7 Å². The predicted octanol–water partition coefficient (Wildman–Crippen LogP) is 4.27. The summed E-state index contributed by atoms with van der Waals surface area (Å²) in [6, 6.07) is 18.0. The maximum absolute atomic E-state index is 12.9. The van der Waals surface area contributed by atoms with Crippen LogP contribution in [-0.4, -0.2) is 37.9 Å². The molecule has 0 atom stereocenters. The second-order valence-corrected chi connectivity index (χ2v) is 10.6. The first kappa shape index (κ1) is 23.0. The number of carbonyl (C=O) groups is 1. The Balaban J connectivity index is 1.61. The van der Waals surface area contributed by atoms with Crippen LogP contribution in [0.2, 0.25) is 5.02 Å². The van der Waals surface area contributed by atoms with Crippen LogP contribution in [0, 0.1) is 0 Å². The molecule has 1 aromatic heterocycles. The average Bonchev–Trinajstić information content (AvgIpc) is 3.09. The van der Waals surface area contributed by atoms with Gasteiger partial charge >= 0.3 is 4.87 Å². The third-order valence-electron chi connectivity index (χ3n) is 5.03. The Labute approximate surface area is 199 Å². The maximum Gasteiger partial charge on any atom is 0.308 e. The lowest BCUT2D eigenvalue weighted by atomic mass is 10.2. The second kappa shape index (κ2) is 9.01. The van der Waals surface area contributed by atoms with Crippen LogP contribution >= 0.6 is 22.9 Å². The molecular formula is C23H20ClN3O4S2. The molecule has 7 nitrogen and oxygen atoms in total. The molecule has 0 radical (unpaired) electrons. The highest BCUT2D eigenvalue weighted by Crippen LogP contribution is 2.25. The minimum Gasteiger partial charge on any atom is -0.345 e. The van der Waals surface area contributed by atoms with Gasteiger partial charge in [-0.1, -0.05) is 41.1 Å². The highest BCUT2D eigenvalue weighted by molar-refractivity contribution is 7.92. The van der Waals surface area contributed by atoms with Gasteiger partial charge in [-0.3, -0.25) is 18.9 Å². The standard InChI is InChI=1S/C23H20ClN3O4S2/c1-26(2)22(28)15-7-9-17(10-8-15)25-33(30,31)18-11-12-20-21(13-18)32-23(29)27(20)14-16-5-3-4-6-19(16)24/h3-13,25H,14H2,1-2H3. The van der Waals surface area contributed by atoms with Crippen LogP contribution < -0.4 is 9.60 Å². The first-order valence-electron chi connectivity index (χ1n) is 9.87. The number of benzene rings is 3. The summed E-state index contributed by atoms with van der Waals surface area (Å²) in [5.74, 6) is -0.175. The molecule has 1 amide bonds. The number of fused-ring (bicyclic) bond motifs is 1. The molecule has 0 saturated heterocycles. The van der Waals surface area contributed by atoms with Crippen molar-refractivity contribution in [1.82, 2.24) is 9.47 Å². The van der Waals surface area contributed by atoms with Crippen molar-refractivity contribution in [3.05, 3.63) is 92.5 Å². The van der Waals surface area contributed by atoms with Crippen molar-refractivity contribution >= 4 is 54.8 Å².